The zero-order chi connectivity index (χ0) is 8.97. The zero-order valence-corrected chi connectivity index (χ0v) is 6.45. The van der Waals surface area contributed by atoms with Gasteiger partial charge in [0, 0.05) is 6.20 Å². The van der Waals surface area contributed by atoms with Crippen molar-refractivity contribution in [2.75, 3.05) is 17.6 Å². The Hall–Kier alpha value is -1.78. The van der Waals surface area contributed by atoms with Crippen LogP contribution in [-0.4, -0.2) is 17.4 Å². The first-order valence-electron chi connectivity index (χ1n) is 3.42. The maximum absolute atomic E-state index is 10.4. The maximum atomic E-state index is 10.4. The van der Waals surface area contributed by atoms with E-state index in [1.807, 2.05) is 0 Å². The Labute approximate surface area is 69.8 Å². The van der Waals surface area contributed by atoms with E-state index in [0.717, 1.165) is 0 Å². The topological polar surface area (TPSA) is 94.0 Å². The number of nitrogens with one attached hydrogen (secondary N) is 1. The fourth-order valence-electron chi connectivity index (χ4n) is 0.750. The molecule has 0 atom stereocenters. The van der Waals surface area contributed by atoms with Crippen LogP contribution in [0, 0.1) is 0 Å². The van der Waals surface area contributed by atoms with Crippen molar-refractivity contribution >= 4 is 17.3 Å². The summed E-state index contributed by atoms with van der Waals surface area (Å²) in [5.74, 6) is -0.425. The Morgan fingerprint density at radius 3 is 3.00 bits per heavy atom. The van der Waals surface area contributed by atoms with Crippen molar-refractivity contribution in [3.8, 4) is 0 Å². The molecule has 0 radical (unpaired) electrons. The number of hydrogen-bond acceptors (Lipinski definition) is 4. The molecule has 5 N–H and O–H groups in total. The van der Waals surface area contributed by atoms with Crippen molar-refractivity contribution in [3.63, 3.8) is 0 Å². The second kappa shape index (κ2) is 3.56. The zero-order valence-electron chi connectivity index (χ0n) is 6.45. The quantitative estimate of drug-likeness (QED) is 0.567. The van der Waals surface area contributed by atoms with Gasteiger partial charge >= 0.3 is 0 Å². The Balaban J connectivity index is 2.63. The van der Waals surface area contributed by atoms with E-state index in [-0.39, 0.29) is 6.54 Å². The van der Waals surface area contributed by atoms with Gasteiger partial charge in [-0.1, -0.05) is 0 Å². The van der Waals surface area contributed by atoms with E-state index in [9.17, 15) is 4.79 Å². The van der Waals surface area contributed by atoms with Gasteiger partial charge in [-0.2, -0.15) is 0 Å². The van der Waals surface area contributed by atoms with Crippen molar-refractivity contribution in [2.45, 2.75) is 0 Å². The summed E-state index contributed by atoms with van der Waals surface area (Å²) in [5, 5.41) is 2.77. The first-order chi connectivity index (χ1) is 5.70. The number of carbonyl (C=O) groups excluding carboxylic acids is 1. The maximum Gasteiger partial charge on any atom is 0.236 e. The number of amides is 1. The first kappa shape index (κ1) is 8.32. The summed E-state index contributed by atoms with van der Waals surface area (Å²) in [5.41, 5.74) is 11.6. The summed E-state index contributed by atoms with van der Waals surface area (Å²) < 4.78 is 0. The largest absolute Gasteiger partial charge is 0.396 e. The second-order valence-corrected chi connectivity index (χ2v) is 2.28. The normalized spacial score (nSPS) is 9.33. The van der Waals surface area contributed by atoms with Crippen LogP contribution in [0.25, 0.3) is 0 Å². The minimum absolute atomic E-state index is 0.0776. The van der Waals surface area contributed by atoms with E-state index in [0.29, 0.717) is 11.4 Å². The fraction of sp³-hybridized carbons (Fsp3) is 0.143. The van der Waals surface area contributed by atoms with Gasteiger partial charge in [0.05, 0.1) is 24.1 Å². The van der Waals surface area contributed by atoms with Gasteiger partial charge in [-0.25, -0.2) is 0 Å². The predicted molar refractivity (Wildman–Crippen MR) is 46.3 cm³/mol. The molecule has 0 saturated heterocycles. The van der Waals surface area contributed by atoms with Crippen molar-refractivity contribution in [2.24, 2.45) is 5.73 Å². The van der Waals surface area contributed by atoms with Crippen molar-refractivity contribution in [1.29, 1.82) is 0 Å². The van der Waals surface area contributed by atoms with E-state index >= 15 is 0 Å². The van der Waals surface area contributed by atoms with Crippen LogP contribution in [0.5, 0.6) is 0 Å². The molecule has 0 aromatic carbocycles. The fourth-order valence-corrected chi connectivity index (χ4v) is 0.750. The van der Waals surface area contributed by atoms with Crippen molar-refractivity contribution in [3.05, 3.63) is 18.5 Å². The summed E-state index contributed by atoms with van der Waals surface area (Å²) in [6.45, 7) is 0.0776. The first-order valence-corrected chi connectivity index (χ1v) is 3.42. The molecule has 1 aromatic rings. The van der Waals surface area contributed by atoms with E-state index in [2.05, 4.69) is 10.3 Å². The minimum atomic E-state index is -0.425. The molecule has 1 aromatic heterocycles. The molecule has 0 aliphatic rings. The molecular weight excluding hydrogens is 156 g/mol. The molecule has 0 saturated carbocycles. The van der Waals surface area contributed by atoms with E-state index in [4.69, 9.17) is 11.5 Å². The number of hydrogen-bond donors (Lipinski definition) is 3. The minimum Gasteiger partial charge on any atom is -0.396 e. The van der Waals surface area contributed by atoms with Crippen LogP contribution >= 0.6 is 0 Å². The third-order valence-electron chi connectivity index (χ3n) is 1.30. The molecule has 0 unspecified atom stereocenters. The molecule has 64 valence electrons. The average Bonchev–Trinajstić information content (AvgIpc) is 2.03. The molecule has 5 nitrogen and oxygen atoms in total. The van der Waals surface area contributed by atoms with Gasteiger partial charge in [-0.05, 0) is 6.07 Å². The highest BCUT2D eigenvalue weighted by Crippen LogP contribution is 2.13. The highest BCUT2D eigenvalue weighted by Gasteiger charge is 1.98. The molecule has 1 rings (SSSR count). The van der Waals surface area contributed by atoms with Crippen LogP contribution in [0.3, 0.4) is 0 Å². The number of rotatable bonds is 3. The highest BCUT2D eigenvalue weighted by atomic mass is 16.1. The molecule has 5 heteroatoms. The molecule has 1 heterocycles. The van der Waals surface area contributed by atoms with E-state index < -0.39 is 5.91 Å². The molecule has 0 fully saturated rings. The monoisotopic (exact) mass is 166 g/mol. The van der Waals surface area contributed by atoms with Crippen molar-refractivity contribution < 1.29 is 4.79 Å². The lowest BCUT2D eigenvalue weighted by atomic mass is 10.3. The van der Waals surface area contributed by atoms with E-state index in [1.54, 1.807) is 12.3 Å². The Kier molecular flexibility index (Phi) is 2.47. The summed E-state index contributed by atoms with van der Waals surface area (Å²) >= 11 is 0. The number of nitrogens with zero attached hydrogens (tertiary/aromatic N) is 1. The van der Waals surface area contributed by atoms with Crippen molar-refractivity contribution in [1.82, 2.24) is 4.98 Å². The number of nitrogens with two attached hydrogens (primary N) is 2. The lowest BCUT2D eigenvalue weighted by Gasteiger charge is -2.05. The Morgan fingerprint density at radius 2 is 2.42 bits per heavy atom. The number of primary amides is 1. The second-order valence-electron chi connectivity index (χ2n) is 2.28. The summed E-state index contributed by atoms with van der Waals surface area (Å²) in [6.07, 6.45) is 3.09. The lowest BCUT2D eigenvalue weighted by molar-refractivity contribution is -0.116. The molecule has 0 aliphatic carbocycles. The number of anilines is 2. The predicted octanol–water partition coefficient (Wildman–Crippen LogP) is -0.439. The van der Waals surface area contributed by atoms with E-state index in [1.165, 1.54) is 6.20 Å². The van der Waals surface area contributed by atoms with Crippen LogP contribution in [0.4, 0.5) is 11.4 Å². The molecule has 0 bridgehead atoms. The number of aromatic nitrogens is 1. The van der Waals surface area contributed by atoms with Gasteiger partial charge in [-0.15, -0.1) is 0 Å². The summed E-state index contributed by atoms with van der Waals surface area (Å²) in [4.78, 5) is 14.2. The lowest BCUT2D eigenvalue weighted by Crippen LogP contribution is -2.22. The van der Waals surface area contributed by atoms with Crippen LogP contribution in [0.2, 0.25) is 0 Å². The molecule has 0 spiro atoms. The third-order valence-corrected chi connectivity index (χ3v) is 1.30. The standard InChI is InChI=1S/C7H10N4O/c8-5-3-10-2-1-6(5)11-4-7(9)12/h1-3H,4,8H2,(H2,9,12)(H,10,11). The molecule has 1 amide bonds. The van der Waals surface area contributed by atoms with Gasteiger partial charge in [-0.3, -0.25) is 9.78 Å². The number of carbonyl (C=O) groups is 1. The van der Waals surface area contributed by atoms with Gasteiger partial charge in [0.2, 0.25) is 5.91 Å². The van der Waals surface area contributed by atoms with Crippen LogP contribution in [0.15, 0.2) is 18.5 Å². The van der Waals surface area contributed by atoms with Crippen LogP contribution < -0.4 is 16.8 Å². The SMILES string of the molecule is NC(=O)CNc1ccncc1N. The van der Waals surface area contributed by atoms with Crippen LogP contribution in [-0.2, 0) is 4.79 Å². The van der Waals surface area contributed by atoms with Gasteiger partial charge in [0.1, 0.15) is 0 Å². The average molecular weight is 166 g/mol. The Bertz CT molecular complexity index is 286. The third kappa shape index (κ3) is 2.12. The van der Waals surface area contributed by atoms with Gasteiger partial charge in [0.25, 0.3) is 0 Å². The van der Waals surface area contributed by atoms with Gasteiger partial charge in [0.15, 0.2) is 0 Å². The smallest absolute Gasteiger partial charge is 0.236 e. The highest BCUT2D eigenvalue weighted by molar-refractivity contribution is 5.80. The number of nitrogen functional groups attached to an aromatic ring is 1. The molecule has 12 heavy (non-hydrogen) atoms. The molecule has 0 aliphatic heterocycles. The van der Waals surface area contributed by atoms with Crippen LogP contribution in [0.1, 0.15) is 0 Å². The van der Waals surface area contributed by atoms with Gasteiger partial charge < -0.3 is 16.8 Å². The Morgan fingerprint density at radius 1 is 1.67 bits per heavy atom. The molecular formula is C7H10N4O. The summed E-state index contributed by atoms with van der Waals surface area (Å²) in [7, 11) is 0. The summed E-state index contributed by atoms with van der Waals surface area (Å²) in [6, 6.07) is 1.68. The number of pyridine rings is 1.